The summed E-state index contributed by atoms with van der Waals surface area (Å²) in [6.45, 7) is 0. The number of hydrogen-bond acceptors (Lipinski definition) is 3. The van der Waals surface area contributed by atoms with Crippen molar-refractivity contribution in [1.82, 2.24) is 0 Å². The second-order valence-electron chi connectivity index (χ2n) is 5.82. The first-order valence-electron chi connectivity index (χ1n) is 8.29. The highest BCUT2D eigenvalue weighted by atomic mass is 35.5. The molecule has 0 aromatic heterocycles. The van der Waals surface area contributed by atoms with Crippen molar-refractivity contribution >= 4 is 34.8 Å². The quantitative estimate of drug-likeness (QED) is 0.636. The van der Waals surface area contributed by atoms with Crippen LogP contribution in [-0.2, 0) is 0 Å². The molecule has 0 aliphatic rings. The third-order valence-electron chi connectivity index (χ3n) is 3.91. The van der Waals surface area contributed by atoms with E-state index in [4.69, 9.17) is 16.3 Å². The normalized spacial score (nSPS) is 10.2. The van der Waals surface area contributed by atoms with Gasteiger partial charge in [0.2, 0.25) is 0 Å². The SMILES string of the molecule is COc1cc(NC(=O)c2ccccc2)c(Cl)cc1NC(=O)c1cccc(F)c1. The van der Waals surface area contributed by atoms with Crippen LogP contribution in [0.15, 0.2) is 66.7 Å². The summed E-state index contributed by atoms with van der Waals surface area (Å²) in [7, 11) is 1.42. The first-order valence-corrected chi connectivity index (χ1v) is 8.66. The van der Waals surface area contributed by atoms with Gasteiger partial charge in [-0.05, 0) is 36.4 Å². The van der Waals surface area contributed by atoms with E-state index in [-0.39, 0.29) is 22.2 Å². The van der Waals surface area contributed by atoms with Gasteiger partial charge in [0.15, 0.2) is 0 Å². The molecular formula is C21H16ClFN2O3. The van der Waals surface area contributed by atoms with Gasteiger partial charge in [-0.3, -0.25) is 9.59 Å². The number of carbonyl (C=O) groups excluding carboxylic acids is 2. The van der Waals surface area contributed by atoms with Crippen molar-refractivity contribution < 1.29 is 18.7 Å². The van der Waals surface area contributed by atoms with Crippen molar-refractivity contribution in [1.29, 1.82) is 0 Å². The smallest absolute Gasteiger partial charge is 0.255 e. The predicted molar refractivity (Wildman–Crippen MR) is 107 cm³/mol. The standard InChI is InChI=1S/C21H16ClFN2O3/c1-28-19-12-17(24-20(26)13-6-3-2-4-7-13)16(22)11-18(19)25-21(27)14-8-5-9-15(23)10-14/h2-12H,1H3,(H,24,26)(H,25,27). The van der Waals surface area contributed by atoms with Gasteiger partial charge in [0.05, 0.1) is 23.5 Å². The Morgan fingerprint density at radius 3 is 2.18 bits per heavy atom. The molecule has 0 atom stereocenters. The number of rotatable bonds is 5. The molecule has 2 N–H and O–H groups in total. The molecule has 142 valence electrons. The number of benzene rings is 3. The third kappa shape index (κ3) is 4.47. The van der Waals surface area contributed by atoms with Crippen molar-refractivity contribution in [2.24, 2.45) is 0 Å². The van der Waals surface area contributed by atoms with Crippen LogP contribution >= 0.6 is 11.6 Å². The van der Waals surface area contributed by atoms with Crippen LogP contribution in [0.1, 0.15) is 20.7 Å². The number of carbonyl (C=O) groups is 2. The molecule has 0 unspecified atom stereocenters. The lowest BCUT2D eigenvalue weighted by atomic mass is 10.2. The average Bonchev–Trinajstić information content (AvgIpc) is 2.70. The molecule has 0 saturated heterocycles. The van der Waals surface area contributed by atoms with E-state index in [0.29, 0.717) is 16.9 Å². The molecule has 3 rings (SSSR count). The first kappa shape index (κ1) is 19.4. The molecule has 2 amide bonds. The largest absolute Gasteiger partial charge is 0.494 e. The monoisotopic (exact) mass is 398 g/mol. The van der Waals surface area contributed by atoms with E-state index >= 15 is 0 Å². The number of nitrogens with one attached hydrogen (secondary N) is 2. The zero-order valence-corrected chi connectivity index (χ0v) is 15.6. The molecule has 0 aliphatic carbocycles. The summed E-state index contributed by atoms with van der Waals surface area (Å²) in [6, 6.07) is 16.9. The lowest BCUT2D eigenvalue weighted by Crippen LogP contribution is -2.14. The van der Waals surface area contributed by atoms with Gasteiger partial charge in [0.25, 0.3) is 11.8 Å². The van der Waals surface area contributed by atoms with Crippen LogP contribution in [-0.4, -0.2) is 18.9 Å². The highest BCUT2D eigenvalue weighted by Gasteiger charge is 2.15. The fourth-order valence-corrected chi connectivity index (χ4v) is 2.73. The minimum Gasteiger partial charge on any atom is -0.494 e. The molecule has 0 radical (unpaired) electrons. The van der Waals surface area contributed by atoms with E-state index < -0.39 is 11.7 Å². The number of anilines is 2. The van der Waals surface area contributed by atoms with Crippen LogP contribution in [0.25, 0.3) is 0 Å². The maximum absolute atomic E-state index is 13.3. The Hall–Kier alpha value is -3.38. The second-order valence-corrected chi connectivity index (χ2v) is 6.22. The van der Waals surface area contributed by atoms with E-state index in [2.05, 4.69) is 10.6 Å². The first-order chi connectivity index (χ1) is 13.5. The van der Waals surface area contributed by atoms with Gasteiger partial charge in [-0.25, -0.2) is 4.39 Å². The zero-order chi connectivity index (χ0) is 20.1. The third-order valence-corrected chi connectivity index (χ3v) is 4.22. The molecule has 28 heavy (non-hydrogen) atoms. The Balaban J connectivity index is 1.83. The lowest BCUT2D eigenvalue weighted by Gasteiger charge is -2.14. The summed E-state index contributed by atoms with van der Waals surface area (Å²) >= 11 is 6.26. The Bertz CT molecular complexity index is 1030. The lowest BCUT2D eigenvalue weighted by molar-refractivity contribution is 0.101. The van der Waals surface area contributed by atoms with Crippen LogP contribution in [0.3, 0.4) is 0 Å². The average molecular weight is 399 g/mol. The predicted octanol–water partition coefficient (Wildman–Crippen LogP) is 4.99. The topological polar surface area (TPSA) is 67.4 Å². The van der Waals surface area contributed by atoms with Crippen LogP contribution in [0.5, 0.6) is 5.75 Å². The molecule has 0 spiro atoms. The maximum atomic E-state index is 13.3. The minimum absolute atomic E-state index is 0.152. The summed E-state index contributed by atoms with van der Waals surface area (Å²) in [5.41, 5.74) is 1.25. The fourth-order valence-electron chi connectivity index (χ4n) is 2.52. The highest BCUT2D eigenvalue weighted by Crippen LogP contribution is 2.35. The molecule has 3 aromatic carbocycles. The van der Waals surface area contributed by atoms with Crippen molar-refractivity contribution in [3.63, 3.8) is 0 Å². The molecule has 5 nitrogen and oxygen atoms in total. The number of halogens is 2. The van der Waals surface area contributed by atoms with E-state index in [9.17, 15) is 14.0 Å². The Morgan fingerprint density at radius 2 is 1.50 bits per heavy atom. The molecule has 0 aliphatic heterocycles. The van der Waals surface area contributed by atoms with Crippen molar-refractivity contribution in [2.45, 2.75) is 0 Å². The zero-order valence-electron chi connectivity index (χ0n) is 14.8. The van der Waals surface area contributed by atoms with E-state index in [0.717, 1.165) is 6.07 Å². The molecular weight excluding hydrogens is 383 g/mol. The van der Waals surface area contributed by atoms with Gasteiger partial charge in [-0.1, -0.05) is 35.9 Å². The van der Waals surface area contributed by atoms with Gasteiger partial charge in [0, 0.05) is 17.2 Å². The van der Waals surface area contributed by atoms with E-state index in [1.807, 2.05) is 6.07 Å². The highest BCUT2D eigenvalue weighted by molar-refractivity contribution is 6.34. The van der Waals surface area contributed by atoms with Gasteiger partial charge in [0.1, 0.15) is 11.6 Å². The summed E-state index contributed by atoms with van der Waals surface area (Å²) < 4.78 is 18.6. The van der Waals surface area contributed by atoms with Crippen molar-refractivity contribution in [2.75, 3.05) is 17.7 Å². The molecule has 7 heteroatoms. The molecule has 0 heterocycles. The summed E-state index contributed by atoms with van der Waals surface area (Å²) in [6.07, 6.45) is 0. The van der Waals surface area contributed by atoms with Gasteiger partial charge < -0.3 is 15.4 Å². The molecule has 0 bridgehead atoms. The molecule has 0 saturated carbocycles. The number of methoxy groups -OCH3 is 1. The second kappa shape index (κ2) is 8.54. The van der Waals surface area contributed by atoms with Crippen molar-refractivity contribution in [3.05, 3.63) is 88.7 Å². The van der Waals surface area contributed by atoms with Crippen LogP contribution < -0.4 is 15.4 Å². The Morgan fingerprint density at radius 1 is 0.857 bits per heavy atom. The minimum atomic E-state index is -0.519. The van der Waals surface area contributed by atoms with Crippen LogP contribution in [0.4, 0.5) is 15.8 Å². The summed E-state index contributed by atoms with van der Waals surface area (Å²) in [5, 5.41) is 5.55. The Labute approximate surface area is 166 Å². The summed E-state index contributed by atoms with van der Waals surface area (Å²) in [4.78, 5) is 24.7. The summed E-state index contributed by atoms with van der Waals surface area (Å²) in [5.74, 6) is -1.08. The number of amides is 2. The van der Waals surface area contributed by atoms with Crippen LogP contribution in [0, 0.1) is 5.82 Å². The Kier molecular flexibility index (Phi) is 5.91. The number of ether oxygens (including phenoxy) is 1. The molecule has 0 fully saturated rings. The van der Waals surface area contributed by atoms with Gasteiger partial charge >= 0.3 is 0 Å². The fraction of sp³-hybridized carbons (Fsp3) is 0.0476. The number of hydrogen-bond donors (Lipinski definition) is 2. The van der Waals surface area contributed by atoms with Gasteiger partial charge in [-0.15, -0.1) is 0 Å². The van der Waals surface area contributed by atoms with Gasteiger partial charge in [-0.2, -0.15) is 0 Å². The van der Waals surface area contributed by atoms with Crippen LogP contribution in [0.2, 0.25) is 5.02 Å². The van der Waals surface area contributed by atoms with E-state index in [1.165, 1.54) is 37.4 Å². The van der Waals surface area contributed by atoms with E-state index in [1.54, 1.807) is 24.3 Å². The maximum Gasteiger partial charge on any atom is 0.255 e. The van der Waals surface area contributed by atoms with Crippen molar-refractivity contribution in [3.8, 4) is 5.75 Å². The molecule has 3 aromatic rings.